The van der Waals surface area contributed by atoms with E-state index in [9.17, 15) is 9.90 Å². The van der Waals surface area contributed by atoms with E-state index in [4.69, 9.17) is 14.0 Å². The Morgan fingerprint density at radius 2 is 1.78 bits per heavy atom. The number of aromatic nitrogens is 3. The van der Waals surface area contributed by atoms with Gasteiger partial charge in [0.1, 0.15) is 12.4 Å². The smallest absolute Gasteiger partial charge is 0.259 e. The average molecular weight is 502 g/mol. The molecule has 1 saturated carbocycles. The predicted octanol–water partition coefficient (Wildman–Crippen LogP) is 4.79. The zero-order valence-corrected chi connectivity index (χ0v) is 20.9. The molecule has 1 aliphatic carbocycles. The molecule has 1 aliphatic rings. The SMILES string of the molecule is COCCOc1cccc(Cn2cc(-c3nc(-c4ccc(C5(O)CCCCC5)cc4)no3)ccc2=O)c1. The quantitative estimate of drug-likeness (QED) is 0.329. The van der Waals surface area contributed by atoms with Crippen LogP contribution in [0.4, 0.5) is 0 Å². The van der Waals surface area contributed by atoms with Crippen LogP contribution in [-0.4, -0.2) is 40.1 Å². The van der Waals surface area contributed by atoms with Gasteiger partial charge in [-0.2, -0.15) is 4.98 Å². The molecule has 37 heavy (non-hydrogen) atoms. The molecule has 0 aliphatic heterocycles. The number of hydrogen-bond acceptors (Lipinski definition) is 7. The van der Waals surface area contributed by atoms with Crippen molar-refractivity contribution in [3.63, 3.8) is 0 Å². The fourth-order valence-corrected chi connectivity index (χ4v) is 4.77. The van der Waals surface area contributed by atoms with Crippen molar-refractivity contribution < 1.29 is 19.1 Å². The number of benzene rings is 2. The topological polar surface area (TPSA) is 99.6 Å². The average Bonchev–Trinajstić information content (AvgIpc) is 3.41. The predicted molar refractivity (Wildman–Crippen MR) is 139 cm³/mol. The molecule has 0 radical (unpaired) electrons. The van der Waals surface area contributed by atoms with E-state index in [1.807, 2.05) is 48.5 Å². The standard InChI is InChI=1S/C29H31N3O5/c1-35-16-17-36-25-7-5-6-21(18-25)19-32-20-23(10-13-26(32)33)28-30-27(31-37-28)22-8-11-24(12-9-22)29(34)14-3-2-4-15-29/h5-13,18,20,34H,2-4,14-17,19H2,1H3. The normalized spacial score (nSPS) is 15.0. The van der Waals surface area contributed by atoms with E-state index in [0.717, 1.165) is 48.1 Å². The number of ether oxygens (including phenoxy) is 2. The van der Waals surface area contributed by atoms with Crippen LogP contribution in [0, 0.1) is 0 Å². The van der Waals surface area contributed by atoms with E-state index in [0.29, 0.717) is 37.0 Å². The first-order chi connectivity index (χ1) is 18.0. The summed E-state index contributed by atoms with van der Waals surface area (Å²) in [6.07, 6.45) is 6.57. The first kappa shape index (κ1) is 24.9. The van der Waals surface area contributed by atoms with Gasteiger partial charge in [-0.05, 0) is 42.2 Å². The van der Waals surface area contributed by atoms with Crippen molar-refractivity contribution in [3.05, 3.63) is 88.3 Å². The Bertz CT molecular complexity index is 1390. The highest BCUT2D eigenvalue weighted by Crippen LogP contribution is 2.37. The molecule has 0 bridgehead atoms. The molecule has 8 heteroatoms. The Kier molecular flexibility index (Phi) is 7.48. The summed E-state index contributed by atoms with van der Waals surface area (Å²) in [7, 11) is 1.63. The number of rotatable bonds is 9. The molecular formula is C29H31N3O5. The molecule has 0 saturated heterocycles. The van der Waals surface area contributed by atoms with Crippen molar-refractivity contribution >= 4 is 0 Å². The van der Waals surface area contributed by atoms with E-state index in [1.165, 1.54) is 12.5 Å². The second-order valence-electron chi connectivity index (χ2n) is 9.47. The first-order valence-electron chi connectivity index (χ1n) is 12.6. The summed E-state index contributed by atoms with van der Waals surface area (Å²) in [5.74, 6) is 1.51. The lowest BCUT2D eigenvalue weighted by Crippen LogP contribution is -2.28. The van der Waals surface area contributed by atoms with Crippen molar-refractivity contribution in [1.82, 2.24) is 14.7 Å². The molecule has 0 unspecified atom stereocenters. The van der Waals surface area contributed by atoms with Gasteiger partial charge in [0, 0.05) is 24.9 Å². The third-order valence-corrected chi connectivity index (χ3v) is 6.83. The third-order valence-electron chi connectivity index (χ3n) is 6.83. The van der Waals surface area contributed by atoms with Crippen LogP contribution in [0.25, 0.3) is 22.8 Å². The fraction of sp³-hybridized carbons (Fsp3) is 0.345. The van der Waals surface area contributed by atoms with Gasteiger partial charge < -0.3 is 23.7 Å². The van der Waals surface area contributed by atoms with Gasteiger partial charge in [0.15, 0.2) is 0 Å². The monoisotopic (exact) mass is 501 g/mol. The molecule has 2 aromatic carbocycles. The minimum absolute atomic E-state index is 0.134. The van der Waals surface area contributed by atoms with Gasteiger partial charge in [-0.15, -0.1) is 0 Å². The van der Waals surface area contributed by atoms with Gasteiger partial charge in [-0.25, -0.2) is 0 Å². The van der Waals surface area contributed by atoms with Crippen molar-refractivity contribution in [1.29, 1.82) is 0 Å². The number of hydrogen-bond donors (Lipinski definition) is 1. The van der Waals surface area contributed by atoms with Crippen LogP contribution in [0.5, 0.6) is 5.75 Å². The Balaban J connectivity index is 1.32. The Labute approximate surface area is 215 Å². The number of methoxy groups -OCH3 is 1. The minimum Gasteiger partial charge on any atom is -0.491 e. The summed E-state index contributed by atoms with van der Waals surface area (Å²) < 4.78 is 17.8. The van der Waals surface area contributed by atoms with E-state index in [-0.39, 0.29) is 5.56 Å². The molecule has 4 aromatic rings. The summed E-state index contributed by atoms with van der Waals surface area (Å²) >= 11 is 0. The van der Waals surface area contributed by atoms with Gasteiger partial charge in [-0.3, -0.25) is 4.79 Å². The molecule has 1 N–H and O–H groups in total. The van der Waals surface area contributed by atoms with Crippen LogP contribution in [0.2, 0.25) is 0 Å². The van der Waals surface area contributed by atoms with Gasteiger partial charge in [0.2, 0.25) is 5.82 Å². The zero-order valence-electron chi connectivity index (χ0n) is 20.9. The highest BCUT2D eigenvalue weighted by Gasteiger charge is 2.31. The Morgan fingerprint density at radius 3 is 2.57 bits per heavy atom. The first-order valence-corrected chi connectivity index (χ1v) is 12.6. The molecule has 0 atom stereocenters. The molecular weight excluding hydrogens is 470 g/mol. The van der Waals surface area contributed by atoms with E-state index in [1.54, 1.807) is 23.9 Å². The van der Waals surface area contributed by atoms with E-state index >= 15 is 0 Å². The van der Waals surface area contributed by atoms with Crippen LogP contribution >= 0.6 is 0 Å². The van der Waals surface area contributed by atoms with E-state index < -0.39 is 5.60 Å². The van der Waals surface area contributed by atoms with Crippen molar-refractivity contribution in [2.75, 3.05) is 20.3 Å². The molecule has 192 valence electrons. The molecule has 8 nitrogen and oxygen atoms in total. The Hall–Kier alpha value is -3.75. The maximum absolute atomic E-state index is 12.5. The summed E-state index contributed by atoms with van der Waals surface area (Å²) in [6, 6.07) is 18.5. The molecule has 0 amide bonds. The second-order valence-corrected chi connectivity index (χ2v) is 9.47. The zero-order chi connectivity index (χ0) is 25.7. The van der Waals surface area contributed by atoms with E-state index in [2.05, 4.69) is 10.1 Å². The summed E-state index contributed by atoms with van der Waals surface area (Å²) in [5.41, 5.74) is 2.43. The summed E-state index contributed by atoms with van der Waals surface area (Å²) in [4.78, 5) is 17.1. The number of pyridine rings is 1. The molecule has 2 heterocycles. The highest BCUT2D eigenvalue weighted by molar-refractivity contribution is 5.59. The molecule has 0 spiro atoms. The number of aliphatic hydroxyl groups is 1. The lowest BCUT2D eigenvalue weighted by molar-refractivity contribution is -0.000614. The van der Waals surface area contributed by atoms with Crippen molar-refractivity contribution in [2.45, 2.75) is 44.2 Å². The van der Waals surface area contributed by atoms with Crippen LogP contribution < -0.4 is 10.3 Å². The molecule has 1 fully saturated rings. The third kappa shape index (κ3) is 5.81. The second kappa shape index (κ2) is 11.1. The summed E-state index contributed by atoms with van der Waals surface area (Å²) in [5, 5.41) is 15.1. The molecule has 5 rings (SSSR count). The maximum atomic E-state index is 12.5. The van der Waals surface area contributed by atoms with Gasteiger partial charge in [0.05, 0.1) is 24.3 Å². The van der Waals surface area contributed by atoms with Crippen LogP contribution in [0.3, 0.4) is 0 Å². The van der Waals surface area contributed by atoms with Crippen molar-refractivity contribution in [3.8, 4) is 28.6 Å². The van der Waals surface area contributed by atoms with Crippen molar-refractivity contribution in [2.24, 2.45) is 0 Å². The minimum atomic E-state index is -0.748. The van der Waals surface area contributed by atoms with Crippen LogP contribution in [-0.2, 0) is 16.9 Å². The van der Waals surface area contributed by atoms with Gasteiger partial charge >= 0.3 is 0 Å². The number of nitrogens with zero attached hydrogens (tertiary/aromatic N) is 3. The maximum Gasteiger partial charge on any atom is 0.259 e. The largest absolute Gasteiger partial charge is 0.491 e. The van der Waals surface area contributed by atoms with Crippen LogP contribution in [0.1, 0.15) is 43.2 Å². The fourth-order valence-electron chi connectivity index (χ4n) is 4.77. The molecule has 2 aromatic heterocycles. The lowest BCUT2D eigenvalue weighted by Gasteiger charge is -2.32. The van der Waals surface area contributed by atoms with Crippen LogP contribution in [0.15, 0.2) is 76.2 Å². The Morgan fingerprint density at radius 1 is 1.00 bits per heavy atom. The summed E-state index contributed by atoms with van der Waals surface area (Å²) in [6.45, 7) is 1.34. The highest BCUT2D eigenvalue weighted by atomic mass is 16.5. The van der Waals surface area contributed by atoms with Gasteiger partial charge in [0.25, 0.3) is 11.4 Å². The lowest BCUT2D eigenvalue weighted by atomic mass is 9.79. The van der Waals surface area contributed by atoms with Gasteiger partial charge in [-0.1, -0.05) is 60.8 Å².